The lowest BCUT2D eigenvalue weighted by molar-refractivity contribution is 0.100. The number of carbonyl (C=O) groups is 1. The number of amides is 1. The van der Waals surface area contributed by atoms with Gasteiger partial charge in [0, 0.05) is 22.8 Å². The van der Waals surface area contributed by atoms with Crippen molar-refractivity contribution in [3.05, 3.63) is 64.8 Å². The fourth-order valence-electron chi connectivity index (χ4n) is 3.22. The van der Waals surface area contributed by atoms with Crippen molar-refractivity contribution >= 4 is 34.1 Å². The lowest BCUT2D eigenvalue weighted by Gasteiger charge is -2.33. The van der Waals surface area contributed by atoms with Crippen LogP contribution in [0.15, 0.2) is 48.7 Å². The van der Waals surface area contributed by atoms with Gasteiger partial charge >= 0.3 is 0 Å². The number of nitrogens with one attached hydrogen (secondary N) is 1. The first-order valence-corrected chi connectivity index (χ1v) is 9.16. The molecule has 7 heteroatoms. The molecule has 146 valence electrons. The van der Waals surface area contributed by atoms with Gasteiger partial charge in [-0.1, -0.05) is 29.8 Å². The molecule has 1 amide bonds. The molecule has 0 aliphatic rings. The molecule has 0 aliphatic heterocycles. The molecule has 0 saturated carbocycles. The van der Waals surface area contributed by atoms with Crippen molar-refractivity contribution in [2.24, 2.45) is 11.5 Å². The van der Waals surface area contributed by atoms with Gasteiger partial charge in [0.2, 0.25) is 0 Å². The Kier molecular flexibility index (Phi) is 5.45. The summed E-state index contributed by atoms with van der Waals surface area (Å²) in [6.45, 7) is 3.86. The number of halogens is 1. The summed E-state index contributed by atoms with van der Waals surface area (Å²) in [5.74, 6) is 0.0762. The number of para-hydroxylation sites is 1. The maximum atomic E-state index is 11.7. The number of hydrogen-bond acceptors (Lipinski definition) is 5. The fraction of sp³-hybridized carbons (Fsp3) is 0.238. The van der Waals surface area contributed by atoms with Crippen molar-refractivity contribution in [2.45, 2.75) is 25.4 Å². The molecular formula is C21H23ClN4O2. The van der Waals surface area contributed by atoms with Gasteiger partial charge in [0.1, 0.15) is 5.75 Å². The number of ether oxygens (including phenoxy) is 1. The molecule has 0 bridgehead atoms. The van der Waals surface area contributed by atoms with E-state index in [1.807, 2.05) is 44.2 Å². The van der Waals surface area contributed by atoms with Crippen LogP contribution in [0.5, 0.6) is 5.75 Å². The molecule has 1 aromatic heterocycles. The van der Waals surface area contributed by atoms with E-state index in [4.69, 9.17) is 27.8 Å². The summed E-state index contributed by atoms with van der Waals surface area (Å²) in [4.78, 5) is 16.1. The number of methoxy groups -OCH3 is 1. The number of carbonyl (C=O) groups excluding carboxylic acids is 1. The first-order valence-electron chi connectivity index (χ1n) is 8.78. The third-order valence-electron chi connectivity index (χ3n) is 4.59. The van der Waals surface area contributed by atoms with E-state index < -0.39 is 11.4 Å². The molecule has 0 spiro atoms. The maximum Gasteiger partial charge on any atom is 0.250 e. The minimum absolute atomic E-state index is 0.265. The average Bonchev–Trinajstić information content (AvgIpc) is 2.64. The molecule has 1 atom stereocenters. The van der Waals surface area contributed by atoms with E-state index in [9.17, 15) is 4.79 Å². The lowest BCUT2D eigenvalue weighted by Crippen LogP contribution is -2.43. The van der Waals surface area contributed by atoms with Crippen LogP contribution in [0.4, 0.5) is 5.69 Å². The Morgan fingerprint density at radius 2 is 2.00 bits per heavy atom. The Morgan fingerprint density at radius 3 is 2.61 bits per heavy atom. The van der Waals surface area contributed by atoms with Crippen molar-refractivity contribution in [1.82, 2.24) is 4.98 Å². The van der Waals surface area contributed by atoms with Gasteiger partial charge < -0.3 is 21.5 Å². The summed E-state index contributed by atoms with van der Waals surface area (Å²) in [7, 11) is 1.57. The predicted molar refractivity (Wildman–Crippen MR) is 113 cm³/mol. The lowest BCUT2D eigenvalue weighted by atomic mass is 9.89. The number of primary amides is 1. The van der Waals surface area contributed by atoms with Gasteiger partial charge in [0.15, 0.2) is 0 Å². The maximum absolute atomic E-state index is 11.7. The third-order valence-corrected chi connectivity index (χ3v) is 4.88. The van der Waals surface area contributed by atoms with E-state index in [1.165, 1.54) is 0 Å². The largest absolute Gasteiger partial charge is 0.495 e. The van der Waals surface area contributed by atoms with Crippen LogP contribution in [-0.4, -0.2) is 23.5 Å². The fourth-order valence-corrected chi connectivity index (χ4v) is 3.48. The van der Waals surface area contributed by atoms with E-state index in [0.29, 0.717) is 21.9 Å². The highest BCUT2D eigenvalue weighted by Crippen LogP contribution is 2.35. The predicted octanol–water partition coefficient (Wildman–Crippen LogP) is 3.89. The Labute approximate surface area is 168 Å². The second kappa shape index (κ2) is 7.66. The van der Waals surface area contributed by atoms with E-state index in [-0.39, 0.29) is 6.04 Å². The first-order chi connectivity index (χ1) is 13.2. The van der Waals surface area contributed by atoms with Crippen LogP contribution in [0, 0.1) is 0 Å². The molecule has 5 N–H and O–H groups in total. The molecular weight excluding hydrogens is 376 g/mol. The molecule has 3 aromatic rings. The Bertz CT molecular complexity index is 1030. The van der Waals surface area contributed by atoms with Crippen LogP contribution in [0.2, 0.25) is 5.02 Å². The highest BCUT2D eigenvalue weighted by atomic mass is 35.5. The number of anilines is 1. The number of fused-ring (bicyclic) bond motifs is 1. The zero-order chi connectivity index (χ0) is 20.5. The normalized spacial score (nSPS) is 12.6. The highest BCUT2D eigenvalue weighted by molar-refractivity contribution is 6.32. The Hall–Kier alpha value is -2.83. The van der Waals surface area contributed by atoms with Crippen molar-refractivity contribution in [2.75, 3.05) is 12.4 Å². The van der Waals surface area contributed by atoms with Crippen molar-refractivity contribution in [3.8, 4) is 5.75 Å². The number of rotatable bonds is 6. The first kappa shape index (κ1) is 19.9. The standard InChI is InChI=1S/C21H23ClN4O2/c1-21(2,24)19(12-7-8-17(28-3)15(22)11-12)26-16-9-10-25-18-13(16)5-4-6-14(18)20(23)27/h4-11,19H,24H2,1-3H3,(H2,23,27)(H,25,26)/t19-/m0/s1. The molecule has 0 fully saturated rings. The van der Waals surface area contributed by atoms with E-state index in [2.05, 4.69) is 10.3 Å². The van der Waals surface area contributed by atoms with Crippen LogP contribution in [-0.2, 0) is 0 Å². The van der Waals surface area contributed by atoms with Gasteiger partial charge in [-0.25, -0.2) is 0 Å². The van der Waals surface area contributed by atoms with Crippen molar-refractivity contribution < 1.29 is 9.53 Å². The SMILES string of the molecule is COc1ccc([C@H](Nc2ccnc3c(C(N)=O)cccc23)C(C)(C)N)cc1Cl. The Balaban J connectivity index is 2.09. The summed E-state index contributed by atoms with van der Waals surface area (Å²) in [6, 6.07) is 12.5. The molecule has 2 aromatic carbocycles. The second-order valence-corrected chi connectivity index (χ2v) is 7.62. The number of pyridine rings is 1. The zero-order valence-corrected chi connectivity index (χ0v) is 16.7. The smallest absolute Gasteiger partial charge is 0.250 e. The number of nitrogens with zero attached hydrogens (tertiary/aromatic N) is 1. The number of benzene rings is 2. The Morgan fingerprint density at radius 1 is 1.25 bits per heavy atom. The molecule has 0 unspecified atom stereocenters. The summed E-state index contributed by atoms with van der Waals surface area (Å²) in [5, 5.41) is 4.78. The van der Waals surface area contributed by atoms with E-state index in [1.54, 1.807) is 25.4 Å². The molecule has 3 rings (SSSR count). The summed E-state index contributed by atoms with van der Waals surface area (Å²) < 4.78 is 5.24. The summed E-state index contributed by atoms with van der Waals surface area (Å²) in [5.41, 5.74) is 14.0. The second-order valence-electron chi connectivity index (χ2n) is 7.22. The molecule has 0 radical (unpaired) electrons. The summed E-state index contributed by atoms with van der Waals surface area (Å²) in [6.07, 6.45) is 1.64. The van der Waals surface area contributed by atoms with Crippen LogP contribution < -0.4 is 21.5 Å². The monoisotopic (exact) mass is 398 g/mol. The van der Waals surface area contributed by atoms with Crippen LogP contribution in [0.1, 0.15) is 35.8 Å². The minimum atomic E-state index is -0.616. The number of hydrogen-bond donors (Lipinski definition) is 3. The highest BCUT2D eigenvalue weighted by Gasteiger charge is 2.28. The average molecular weight is 399 g/mol. The molecule has 28 heavy (non-hydrogen) atoms. The summed E-state index contributed by atoms with van der Waals surface area (Å²) >= 11 is 6.32. The minimum Gasteiger partial charge on any atom is -0.495 e. The van der Waals surface area contributed by atoms with Crippen LogP contribution in [0.3, 0.4) is 0 Å². The van der Waals surface area contributed by atoms with Gasteiger partial charge in [-0.3, -0.25) is 9.78 Å². The van der Waals surface area contributed by atoms with Gasteiger partial charge in [-0.15, -0.1) is 0 Å². The van der Waals surface area contributed by atoms with Gasteiger partial charge in [0.05, 0.1) is 29.3 Å². The number of aromatic nitrogens is 1. The van der Waals surface area contributed by atoms with Gasteiger partial charge in [-0.2, -0.15) is 0 Å². The van der Waals surface area contributed by atoms with Crippen LogP contribution >= 0.6 is 11.6 Å². The van der Waals surface area contributed by atoms with Crippen LogP contribution in [0.25, 0.3) is 10.9 Å². The quantitative estimate of drug-likeness (QED) is 0.584. The van der Waals surface area contributed by atoms with E-state index in [0.717, 1.165) is 16.6 Å². The topological polar surface area (TPSA) is 103 Å². The number of nitrogens with two attached hydrogens (primary N) is 2. The third kappa shape index (κ3) is 3.88. The molecule has 0 saturated heterocycles. The molecule has 6 nitrogen and oxygen atoms in total. The van der Waals surface area contributed by atoms with Crippen molar-refractivity contribution in [3.63, 3.8) is 0 Å². The van der Waals surface area contributed by atoms with E-state index >= 15 is 0 Å². The molecule has 1 heterocycles. The molecule has 0 aliphatic carbocycles. The van der Waals surface area contributed by atoms with Crippen molar-refractivity contribution in [1.29, 1.82) is 0 Å². The van der Waals surface area contributed by atoms with Gasteiger partial charge in [-0.05, 0) is 43.7 Å². The zero-order valence-electron chi connectivity index (χ0n) is 16.0. The van der Waals surface area contributed by atoms with Gasteiger partial charge in [0.25, 0.3) is 5.91 Å².